The lowest BCUT2D eigenvalue weighted by Crippen LogP contribution is -2.49. The van der Waals surface area contributed by atoms with Crippen LogP contribution in [0.5, 0.6) is 0 Å². The van der Waals surface area contributed by atoms with Gasteiger partial charge in [-0.3, -0.25) is 14.9 Å². The summed E-state index contributed by atoms with van der Waals surface area (Å²) in [6, 6.07) is 4.15. The molecular weight excluding hydrogens is 410 g/mol. The second-order valence-corrected chi connectivity index (χ2v) is 10.1. The van der Waals surface area contributed by atoms with E-state index in [2.05, 4.69) is 0 Å². The van der Waals surface area contributed by atoms with Crippen molar-refractivity contribution in [2.75, 3.05) is 64.3 Å². The van der Waals surface area contributed by atoms with Crippen molar-refractivity contribution in [2.45, 2.75) is 17.7 Å². The van der Waals surface area contributed by atoms with Gasteiger partial charge in [0.15, 0.2) is 0 Å². The molecule has 2 saturated heterocycles. The Labute approximate surface area is 176 Å². The van der Waals surface area contributed by atoms with Gasteiger partial charge in [-0.05, 0) is 32.0 Å². The fraction of sp³-hybridized carbons (Fsp3) is 0.632. The van der Waals surface area contributed by atoms with E-state index in [9.17, 15) is 23.3 Å². The minimum absolute atomic E-state index is 0.0509. The number of amides is 1. The van der Waals surface area contributed by atoms with Crippen LogP contribution in [0.25, 0.3) is 0 Å². The number of piperazine rings is 2. The van der Waals surface area contributed by atoms with Crippen molar-refractivity contribution in [1.82, 2.24) is 14.1 Å². The zero-order valence-electron chi connectivity index (χ0n) is 17.1. The standard InChI is InChI=1S/C19H27N5O5S/c1-20-6-12-23(13-7-20)30(28,29)16-4-5-17(18(14-16)24(26)27)21-8-10-22(11-9-21)19(25)15-2-3-15/h4-5,14-15H,2-3,6-13H2,1H3. The molecular formula is C19H27N5O5S. The molecule has 0 N–H and O–H groups in total. The molecule has 30 heavy (non-hydrogen) atoms. The smallest absolute Gasteiger partial charge is 0.293 e. The molecule has 4 rings (SSSR count). The molecule has 0 aromatic heterocycles. The number of nitro benzene ring substituents is 1. The molecule has 11 heteroatoms. The lowest BCUT2D eigenvalue weighted by molar-refractivity contribution is -0.384. The van der Waals surface area contributed by atoms with Gasteiger partial charge < -0.3 is 14.7 Å². The fourth-order valence-electron chi connectivity index (χ4n) is 4.01. The van der Waals surface area contributed by atoms with E-state index < -0.39 is 14.9 Å². The molecule has 2 aliphatic heterocycles. The summed E-state index contributed by atoms with van der Waals surface area (Å²) in [6.45, 7) is 4.01. The van der Waals surface area contributed by atoms with Gasteiger partial charge in [-0.2, -0.15) is 4.31 Å². The zero-order chi connectivity index (χ0) is 21.5. The summed E-state index contributed by atoms with van der Waals surface area (Å²) in [5, 5.41) is 11.7. The minimum atomic E-state index is -3.78. The van der Waals surface area contributed by atoms with E-state index in [0.717, 1.165) is 12.8 Å². The summed E-state index contributed by atoms with van der Waals surface area (Å²) in [4.78, 5) is 29.1. The van der Waals surface area contributed by atoms with Gasteiger partial charge >= 0.3 is 0 Å². The monoisotopic (exact) mass is 437 g/mol. The first-order chi connectivity index (χ1) is 14.3. The molecule has 0 spiro atoms. The van der Waals surface area contributed by atoms with Gasteiger partial charge in [0.2, 0.25) is 15.9 Å². The number of likely N-dealkylation sites (N-methyl/N-ethyl adjacent to an activating group) is 1. The average Bonchev–Trinajstić information content (AvgIpc) is 3.58. The minimum Gasteiger partial charge on any atom is -0.362 e. The molecule has 1 amide bonds. The molecule has 2 heterocycles. The van der Waals surface area contributed by atoms with Gasteiger partial charge in [0.1, 0.15) is 5.69 Å². The van der Waals surface area contributed by atoms with E-state index in [-0.39, 0.29) is 22.4 Å². The van der Waals surface area contributed by atoms with E-state index in [4.69, 9.17) is 0 Å². The highest BCUT2D eigenvalue weighted by Crippen LogP contribution is 2.34. The highest BCUT2D eigenvalue weighted by Gasteiger charge is 2.36. The Morgan fingerprint density at radius 2 is 1.67 bits per heavy atom. The normalized spacial score (nSPS) is 21.6. The number of anilines is 1. The van der Waals surface area contributed by atoms with Crippen LogP contribution in [0, 0.1) is 16.0 Å². The van der Waals surface area contributed by atoms with Crippen molar-refractivity contribution in [2.24, 2.45) is 5.92 Å². The first kappa shape index (κ1) is 21.0. The fourth-order valence-corrected chi connectivity index (χ4v) is 5.45. The maximum atomic E-state index is 13.0. The molecule has 0 unspecified atom stereocenters. The highest BCUT2D eigenvalue weighted by molar-refractivity contribution is 7.89. The summed E-state index contributed by atoms with van der Waals surface area (Å²) in [5.41, 5.74) is 0.183. The lowest BCUT2D eigenvalue weighted by Gasteiger charge is -2.36. The summed E-state index contributed by atoms with van der Waals surface area (Å²) in [5.74, 6) is 0.336. The lowest BCUT2D eigenvalue weighted by atomic mass is 10.2. The van der Waals surface area contributed by atoms with E-state index in [1.165, 1.54) is 22.5 Å². The number of rotatable bonds is 5. The van der Waals surface area contributed by atoms with Crippen molar-refractivity contribution in [3.8, 4) is 0 Å². The molecule has 3 fully saturated rings. The summed E-state index contributed by atoms with van der Waals surface area (Å²) >= 11 is 0. The van der Waals surface area contributed by atoms with Crippen LogP contribution in [0.15, 0.2) is 23.1 Å². The first-order valence-electron chi connectivity index (χ1n) is 10.3. The topological polar surface area (TPSA) is 107 Å². The molecule has 3 aliphatic rings. The Hall–Kier alpha value is -2.24. The Morgan fingerprint density at radius 1 is 1.03 bits per heavy atom. The second-order valence-electron chi connectivity index (χ2n) is 8.20. The zero-order valence-corrected chi connectivity index (χ0v) is 17.9. The number of nitro groups is 1. The van der Waals surface area contributed by atoms with E-state index in [0.29, 0.717) is 58.0 Å². The number of hydrogen-bond acceptors (Lipinski definition) is 7. The van der Waals surface area contributed by atoms with Gasteiger partial charge in [0, 0.05) is 64.3 Å². The maximum Gasteiger partial charge on any atom is 0.293 e. The average molecular weight is 438 g/mol. The Bertz CT molecular complexity index is 933. The van der Waals surface area contributed by atoms with Crippen LogP contribution in [-0.2, 0) is 14.8 Å². The quantitative estimate of drug-likeness (QED) is 0.490. The van der Waals surface area contributed by atoms with Gasteiger partial charge in [0.05, 0.1) is 9.82 Å². The SMILES string of the molecule is CN1CCN(S(=O)(=O)c2ccc(N3CCN(C(=O)C4CC4)CC3)c([N+](=O)[O-])c2)CC1. The maximum absolute atomic E-state index is 13.0. The largest absolute Gasteiger partial charge is 0.362 e. The van der Waals surface area contributed by atoms with E-state index in [1.54, 1.807) is 0 Å². The Morgan fingerprint density at radius 3 is 2.23 bits per heavy atom. The van der Waals surface area contributed by atoms with Crippen molar-refractivity contribution in [3.63, 3.8) is 0 Å². The summed E-state index contributed by atoms with van der Waals surface area (Å²) in [7, 11) is -1.85. The van der Waals surface area contributed by atoms with Crippen molar-refractivity contribution < 1.29 is 18.1 Å². The number of benzene rings is 1. The molecule has 10 nitrogen and oxygen atoms in total. The first-order valence-corrected chi connectivity index (χ1v) is 11.7. The number of carbonyl (C=O) groups is 1. The van der Waals surface area contributed by atoms with Crippen LogP contribution in [0.2, 0.25) is 0 Å². The summed E-state index contributed by atoms with van der Waals surface area (Å²) in [6.07, 6.45) is 1.90. The number of nitrogens with zero attached hydrogens (tertiary/aromatic N) is 5. The van der Waals surface area contributed by atoms with Crippen molar-refractivity contribution in [3.05, 3.63) is 28.3 Å². The number of hydrogen-bond donors (Lipinski definition) is 0. The van der Waals surface area contributed by atoms with Crippen LogP contribution >= 0.6 is 0 Å². The second kappa shape index (κ2) is 8.12. The van der Waals surface area contributed by atoms with Crippen molar-refractivity contribution in [1.29, 1.82) is 0 Å². The van der Waals surface area contributed by atoms with Gasteiger partial charge in [-0.25, -0.2) is 8.42 Å². The van der Waals surface area contributed by atoms with Crippen LogP contribution in [0.4, 0.5) is 11.4 Å². The Kier molecular flexibility index (Phi) is 5.69. The van der Waals surface area contributed by atoms with Gasteiger partial charge in [-0.1, -0.05) is 0 Å². The molecule has 1 aromatic rings. The molecule has 0 radical (unpaired) electrons. The van der Waals surface area contributed by atoms with Crippen LogP contribution in [-0.4, -0.2) is 92.8 Å². The third kappa shape index (κ3) is 4.14. The molecule has 0 atom stereocenters. The van der Waals surface area contributed by atoms with Gasteiger partial charge in [-0.15, -0.1) is 0 Å². The van der Waals surface area contributed by atoms with E-state index >= 15 is 0 Å². The highest BCUT2D eigenvalue weighted by atomic mass is 32.2. The van der Waals surface area contributed by atoms with Crippen molar-refractivity contribution >= 4 is 27.3 Å². The molecule has 1 saturated carbocycles. The number of carbonyl (C=O) groups excluding carboxylic acids is 1. The Balaban J connectivity index is 1.52. The van der Waals surface area contributed by atoms with Crippen LogP contribution in [0.3, 0.4) is 0 Å². The predicted octanol–water partition coefficient (Wildman–Crippen LogP) is 0.590. The van der Waals surface area contributed by atoms with Gasteiger partial charge in [0.25, 0.3) is 5.69 Å². The predicted molar refractivity (Wildman–Crippen MR) is 111 cm³/mol. The van der Waals surface area contributed by atoms with Crippen LogP contribution < -0.4 is 4.90 Å². The molecule has 0 bridgehead atoms. The third-order valence-corrected chi connectivity index (χ3v) is 8.00. The molecule has 1 aliphatic carbocycles. The van der Waals surface area contributed by atoms with E-state index in [1.807, 2.05) is 21.7 Å². The molecule has 1 aromatic carbocycles. The third-order valence-electron chi connectivity index (χ3n) is 6.10. The molecule has 164 valence electrons. The summed E-state index contributed by atoms with van der Waals surface area (Å²) < 4.78 is 27.3. The number of sulfonamides is 1. The van der Waals surface area contributed by atoms with Crippen LogP contribution in [0.1, 0.15) is 12.8 Å².